The van der Waals surface area contributed by atoms with Gasteiger partial charge in [-0.1, -0.05) is 38.7 Å². The van der Waals surface area contributed by atoms with Gasteiger partial charge in [-0.25, -0.2) is 0 Å². The first-order valence-electron chi connectivity index (χ1n) is 4.98. The summed E-state index contributed by atoms with van der Waals surface area (Å²) in [4.78, 5) is 11.4. The van der Waals surface area contributed by atoms with Gasteiger partial charge >= 0.3 is 0 Å². The van der Waals surface area contributed by atoms with Gasteiger partial charge in [-0.05, 0) is 18.9 Å². The van der Waals surface area contributed by atoms with Crippen LogP contribution in [0.25, 0.3) is 0 Å². The van der Waals surface area contributed by atoms with E-state index in [1.54, 1.807) is 12.2 Å². The van der Waals surface area contributed by atoms with Crippen LogP contribution in [-0.2, 0) is 4.79 Å². The normalized spacial score (nSPS) is 26.3. The molecule has 0 aromatic heterocycles. The van der Waals surface area contributed by atoms with Gasteiger partial charge in [0, 0.05) is 5.57 Å². The lowest BCUT2D eigenvalue weighted by atomic mass is 10.1. The second-order valence-electron chi connectivity index (χ2n) is 2.80. The Morgan fingerprint density at radius 2 is 2.07 bits per heavy atom. The van der Waals surface area contributed by atoms with Gasteiger partial charge in [0.2, 0.25) is 0 Å². The van der Waals surface area contributed by atoms with E-state index in [2.05, 4.69) is 6.58 Å². The van der Waals surface area contributed by atoms with Gasteiger partial charge in [-0.2, -0.15) is 0 Å². The van der Waals surface area contributed by atoms with E-state index >= 15 is 0 Å². The summed E-state index contributed by atoms with van der Waals surface area (Å²) in [5.74, 6) is 0.0306. The molecule has 14 heavy (non-hydrogen) atoms. The van der Waals surface area contributed by atoms with E-state index in [4.69, 9.17) is 5.73 Å². The third-order valence-electron chi connectivity index (χ3n) is 2.02. The van der Waals surface area contributed by atoms with E-state index in [1.165, 1.54) is 0 Å². The summed E-state index contributed by atoms with van der Waals surface area (Å²) >= 11 is 0. The van der Waals surface area contributed by atoms with Crippen molar-refractivity contribution in [3.63, 3.8) is 0 Å². The minimum atomic E-state index is -0.345. The van der Waals surface area contributed by atoms with Gasteiger partial charge in [-0.3, -0.25) is 4.79 Å². The summed E-state index contributed by atoms with van der Waals surface area (Å²) in [6.07, 6.45) is 5.94. The van der Waals surface area contributed by atoms with Crippen LogP contribution in [0.4, 0.5) is 0 Å². The Kier molecular flexibility index (Phi) is 5.81. The molecule has 1 unspecified atom stereocenters. The van der Waals surface area contributed by atoms with Gasteiger partial charge in [-0.15, -0.1) is 0 Å². The number of Topliss-reactive ketones (excluding diaryl/α,β-unsaturated/α-hetero) is 1. The first-order chi connectivity index (χ1) is 6.70. The standard InChI is InChI=1S/C10H13NO.C2H6/c1-3-5-8-7(4-2)6-9(11)10(8)12;1-2/h3-5,9H,1,6,11H2,2H3;1-2H3/b7-4-,8-5+;. The molecule has 0 heterocycles. The van der Waals surface area contributed by atoms with Gasteiger partial charge in [0.1, 0.15) is 0 Å². The average molecular weight is 193 g/mol. The Hall–Kier alpha value is -1.15. The Labute approximate surface area is 86.2 Å². The Morgan fingerprint density at radius 3 is 2.50 bits per heavy atom. The molecule has 0 aromatic carbocycles. The van der Waals surface area contributed by atoms with Crippen molar-refractivity contribution in [2.45, 2.75) is 33.2 Å². The lowest BCUT2D eigenvalue weighted by Crippen LogP contribution is -2.24. The number of hydrogen-bond donors (Lipinski definition) is 1. The van der Waals surface area contributed by atoms with Crippen LogP contribution in [0.5, 0.6) is 0 Å². The van der Waals surface area contributed by atoms with Crippen LogP contribution in [0.15, 0.2) is 36.0 Å². The SMILES string of the molecule is C=C/C=C1/C(=O)C(N)C/C1=C/C.CC. The van der Waals surface area contributed by atoms with Gasteiger partial charge in [0.15, 0.2) is 5.78 Å². The molecular weight excluding hydrogens is 174 g/mol. The molecule has 2 nitrogen and oxygen atoms in total. The molecule has 1 aliphatic rings. The average Bonchev–Trinajstić information content (AvgIpc) is 2.49. The minimum absolute atomic E-state index is 0.0306. The van der Waals surface area contributed by atoms with Crippen molar-refractivity contribution in [3.05, 3.63) is 36.0 Å². The van der Waals surface area contributed by atoms with Crippen molar-refractivity contribution in [2.75, 3.05) is 0 Å². The number of carbonyl (C=O) groups excluding carboxylic acids is 1. The van der Waals surface area contributed by atoms with Crippen LogP contribution in [0.1, 0.15) is 27.2 Å². The lowest BCUT2D eigenvalue weighted by Gasteiger charge is -1.94. The fourth-order valence-corrected chi connectivity index (χ4v) is 1.38. The molecule has 2 heteroatoms. The van der Waals surface area contributed by atoms with Crippen LogP contribution in [0, 0.1) is 0 Å². The molecule has 1 aliphatic carbocycles. The number of carbonyl (C=O) groups is 1. The van der Waals surface area contributed by atoms with E-state index in [1.807, 2.05) is 26.8 Å². The maximum Gasteiger partial charge on any atom is 0.180 e. The maximum atomic E-state index is 11.4. The second-order valence-corrected chi connectivity index (χ2v) is 2.80. The topological polar surface area (TPSA) is 43.1 Å². The first-order valence-corrected chi connectivity index (χ1v) is 4.98. The number of nitrogens with two attached hydrogens (primary N) is 1. The van der Waals surface area contributed by atoms with Crippen LogP contribution >= 0.6 is 0 Å². The summed E-state index contributed by atoms with van der Waals surface area (Å²) in [5, 5.41) is 0. The zero-order valence-electron chi connectivity index (χ0n) is 9.21. The zero-order chi connectivity index (χ0) is 11.1. The molecular formula is C12H19NO. The van der Waals surface area contributed by atoms with Crippen molar-refractivity contribution >= 4 is 5.78 Å². The van der Waals surface area contributed by atoms with E-state index in [0.717, 1.165) is 11.1 Å². The molecule has 0 aromatic rings. The Balaban J connectivity index is 0.000000791. The third-order valence-corrected chi connectivity index (χ3v) is 2.02. The predicted molar refractivity (Wildman–Crippen MR) is 61.0 cm³/mol. The molecule has 0 radical (unpaired) electrons. The molecule has 1 atom stereocenters. The smallest absolute Gasteiger partial charge is 0.180 e. The summed E-state index contributed by atoms with van der Waals surface area (Å²) in [6.45, 7) is 9.47. The highest BCUT2D eigenvalue weighted by Crippen LogP contribution is 2.26. The zero-order valence-corrected chi connectivity index (χ0v) is 9.21. The minimum Gasteiger partial charge on any atom is -0.321 e. The molecule has 0 amide bonds. The van der Waals surface area contributed by atoms with Crippen molar-refractivity contribution in [1.82, 2.24) is 0 Å². The fourth-order valence-electron chi connectivity index (χ4n) is 1.38. The second kappa shape index (κ2) is 6.33. The summed E-state index contributed by atoms with van der Waals surface area (Å²) in [6, 6.07) is -0.345. The Morgan fingerprint density at radius 1 is 1.50 bits per heavy atom. The molecule has 1 fully saturated rings. The Bertz CT molecular complexity index is 274. The number of hydrogen-bond acceptors (Lipinski definition) is 2. The molecule has 78 valence electrons. The van der Waals surface area contributed by atoms with E-state index < -0.39 is 0 Å². The van der Waals surface area contributed by atoms with Gasteiger partial charge in [0.05, 0.1) is 6.04 Å². The van der Waals surface area contributed by atoms with Crippen LogP contribution in [0.2, 0.25) is 0 Å². The highest BCUT2D eigenvalue weighted by atomic mass is 16.1. The van der Waals surface area contributed by atoms with E-state index in [9.17, 15) is 4.79 Å². The summed E-state index contributed by atoms with van der Waals surface area (Å²) < 4.78 is 0. The van der Waals surface area contributed by atoms with E-state index in [-0.39, 0.29) is 11.8 Å². The van der Waals surface area contributed by atoms with Crippen molar-refractivity contribution in [2.24, 2.45) is 5.73 Å². The molecule has 2 N–H and O–H groups in total. The van der Waals surface area contributed by atoms with Crippen LogP contribution in [-0.4, -0.2) is 11.8 Å². The quantitative estimate of drug-likeness (QED) is 0.650. The maximum absolute atomic E-state index is 11.4. The molecule has 0 spiro atoms. The fraction of sp³-hybridized carbons (Fsp3) is 0.417. The van der Waals surface area contributed by atoms with E-state index in [0.29, 0.717) is 6.42 Å². The van der Waals surface area contributed by atoms with Crippen molar-refractivity contribution < 1.29 is 4.79 Å². The number of ketones is 1. The molecule has 0 aliphatic heterocycles. The van der Waals surface area contributed by atoms with Crippen molar-refractivity contribution in [1.29, 1.82) is 0 Å². The predicted octanol–water partition coefficient (Wildman–Crippen LogP) is 2.37. The summed E-state index contributed by atoms with van der Waals surface area (Å²) in [7, 11) is 0. The largest absolute Gasteiger partial charge is 0.321 e. The third kappa shape index (κ3) is 2.67. The number of allylic oxidation sites excluding steroid dienone is 3. The van der Waals surface area contributed by atoms with Crippen molar-refractivity contribution in [3.8, 4) is 0 Å². The number of rotatable bonds is 1. The van der Waals surface area contributed by atoms with Crippen LogP contribution < -0.4 is 5.73 Å². The lowest BCUT2D eigenvalue weighted by molar-refractivity contribution is -0.115. The molecule has 1 rings (SSSR count). The van der Waals surface area contributed by atoms with Crippen LogP contribution in [0.3, 0.4) is 0 Å². The molecule has 0 saturated heterocycles. The van der Waals surface area contributed by atoms with Gasteiger partial charge in [0.25, 0.3) is 0 Å². The monoisotopic (exact) mass is 193 g/mol. The molecule has 0 bridgehead atoms. The molecule has 1 saturated carbocycles. The first kappa shape index (κ1) is 12.8. The summed E-state index contributed by atoms with van der Waals surface area (Å²) in [5.41, 5.74) is 7.36. The highest BCUT2D eigenvalue weighted by Gasteiger charge is 2.29. The highest BCUT2D eigenvalue weighted by molar-refractivity contribution is 6.06. The van der Waals surface area contributed by atoms with Gasteiger partial charge < -0.3 is 5.73 Å².